The first-order valence-electron chi connectivity index (χ1n) is 6.61. The van der Waals surface area contributed by atoms with Gasteiger partial charge < -0.3 is 15.0 Å². The fraction of sp³-hybridized carbons (Fsp3) is 0.750. The molecule has 1 N–H and O–H groups in total. The molecule has 6 nitrogen and oxygen atoms in total. The molecule has 1 fully saturated rings. The van der Waals surface area contributed by atoms with E-state index in [0.717, 1.165) is 13.0 Å². The molecule has 1 saturated carbocycles. The maximum atomic E-state index is 5.50. The third-order valence-electron chi connectivity index (χ3n) is 2.85. The van der Waals surface area contributed by atoms with E-state index in [2.05, 4.69) is 39.0 Å². The Morgan fingerprint density at radius 1 is 1.28 bits per heavy atom. The molecule has 2 rings (SSSR count). The van der Waals surface area contributed by atoms with Crippen molar-refractivity contribution < 1.29 is 4.74 Å². The summed E-state index contributed by atoms with van der Waals surface area (Å²) in [5.41, 5.74) is 0. The number of hydrogen-bond acceptors (Lipinski definition) is 6. The number of nitrogens with one attached hydrogen (secondary N) is 1. The maximum absolute atomic E-state index is 5.50. The summed E-state index contributed by atoms with van der Waals surface area (Å²) in [6, 6.07) is 0.992. The Bertz CT molecular complexity index is 394. The summed E-state index contributed by atoms with van der Waals surface area (Å²) < 4.78 is 5.50. The largest absolute Gasteiger partial charge is 0.463 e. The van der Waals surface area contributed by atoms with Gasteiger partial charge in [0.25, 0.3) is 0 Å². The van der Waals surface area contributed by atoms with Crippen molar-refractivity contribution in [2.45, 2.75) is 39.2 Å². The standard InChI is InChI=1S/C12H21N5O/c1-4-8-18-12-15-10(13-3)14-11(16-12)17(5-2)9-6-7-9/h9H,4-8H2,1-3H3,(H,13,14,15,16). The molecule has 0 bridgehead atoms. The van der Waals surface area contributed by atoms with Gasteiger partial charge in [-0.1, -0.05) is 6.92 Å². The number of ether oxygens (including phenoxy) is 1. The van der Waals surface area contributed by atoms with Gasteiger partial charge >= 0.3 is 6.01 Å². The molecule has 1 heterocycles. The summed E-state index contributed by atoms with van der Waals surface area (Å²) in [7, 11) is 1.80. The van der Waals surface area contributed by atoms with Crippen molar-refractivity contribution in [1.82, 2.24) is 15.0 Å². The third kappa shape index (κ3) is 3.00. The molecule has 100 valence electrons. The molecular weight excluding hydrogens is 230 g/mol. The highest BCUT2D eigenvalue weighted by atomic mass is 16.5. The van der Waals surface area contributed by atoms with Gasteiger partial charge in [0.15, 0.2) is 0 Å². The molecule has 0 aromatic carbocycles. The zero-order valence-electron chi connectivity index (χ0n) is 11.3. The predicted molar refractivity (Wildman–Crippen MR) is 71.2 cm³/mol. The minimum atomic E-state index is 0.408. The van der Waals surface area contributed by atoms with Crippen LogP contribution in [0.1, 0.15) is 33.1 Å². The number of aromatic nitrogens is 3. The summed E-state index contributed by atoms with van der Waals surface area (Å²) in [5.74, 6) is 1.27. The summed E-state index contributed by atoms with van der Waals surface area (Å²) in [6.07, 6.45) is 3.38. The third-order valence-corrected chi connectivity index (χ3v) is 2.85. The molecule has 0 unspecified atom stereocenters. The van der Waals surface area contributed by atoms with Crippen molar-refractivity contribution >= 4 is 11.9 Å². The molecular formula is C12H21N5O. The van der Waals surface area contributed by atoms with Gasteiger partial charge in [-0.2, -0.15) is 15.0 Å². The summed E-state index contributed by atoms with van der Waals surface area (Å²) in [5, 5.41) is 2.95. The van der Waals surface area contributed by atoms with Crippen LogP contribution >= 0.6 is 0 Å². The number of hydrogen-bond donors (Lipinski definition) is 1. The van der Waals surface area contributed by atoms with E-state index in [4.69, 9.17) is 4.74 Å². The molecule has 6 heteroatoms. The number of nitrogens with zero attached hydrogens (tertiary/aromatic N) is 4. The van der Waals surface area contributed by atoms with Crippen molar-refractivity contribution in [1.29, 1.82) is 0 Å². The fourth-order valence-electron chi connectivity index (χ4n) is 1.79. The topological polar surface area (TPSA) is 63.2 Å². The van der Waals surface area contributed by atoms with Crippen LogP contribution in [0.25, 0.3) is 0 Å². The van der Waals surface area contributed by atoms with Gasteiger partial charge in [-0.25, -0.2) is 0 Å². The van der Waals surface area contributed by atoms with Crippen LogP contribution in [-0.2, 0) is 0 Å². The van der Waals surface area contributed by atoms with Gasteiger partial charge in [-0.3, -0.25) is 0 Å². The minimum absolute atomic E-state index is 0.408. The van der Waals surface area contributed by atoms with Gasteiger partial charge in [0.1, 0.15) is 0 Å². The molecule has 1 aliphatic carbocycles. The zero-order valence-corrected chi connectivity index (χ0v) is 11.3. The SMILES string of the molecule is CCCOc1nc(NC)nc(N(CC)C2CC2)n1. The van der Waals surface area contributed by atoms with Crippen molar-refractivity contribution in [2.75, 3.05) is 30.4 Å². The van der Waals surface area contributed by atoms with E-state index in [1.54, 1.807) is 7.05 Å². The molecule has 0 atom stereocenters. The first-order valence-corrected chi connectivity index (χ1v) is 6.61. The lowest BCUT2D eigenvalue weighted by molar-refractivity contribution is 0.292. The van der Waals surface area contributed by atoms with Crippen molar-refractivity contribution in [2.24, 2.45) is 0 Å². The lowest BCUT2D eigenvalue weighted by Gasteiger charge is -2.20. The molecule has 0 aliphatic heterocycles. The van der Waals surface area contributed by atoms with Gasteiger partial charge in [-0.05, 0) is 26.2 Å². The first-order chi connectivity index (χ1) is 8.78. The quantitative estimate of drug-likeness (QED) is 0.795. The van der Waals surface area contributed by atoms with Crippen molar-refractivity contribution in [3.8, 4) is 6.01 Å². The molecule has 0 radical (unpaired) electrons. The highest BCUT2D eigenvalue weighted by molar-refractivity contribution is 5.40. The van der Waals surface area contributed by atoms with Crippen LogP contribution in [-0.4, -0.2) is 41.2 Å². The van der Waals surface area contributed by atoms with E-state index >= 15 is 0 Å². The van der Waals surface area contributed by atoms with Crippen LogP contribution in [0.15, 0.2) is 0 Å². The normalized spacial score (nSPS) is 14.4. The Kier molecular flexibility index (Phi) is 4.17. The predicted octanol–water partition coefficient (Wildman–Crippen LogP) is 1.69. The van der Waals surface area contributed by atoms with Crippen LogP contribution in [0.2, 0.25) is 0 Å². The van der Waals surface area contributed by atoms with E-state index in [9.17, 15) is 0 Å². The van der Waals surface area contributed by atoms with Gasteiger partial charge in [0.2, 0.25) is 11.9 Å². The number of rotatable bonds is 7. The molecule has 18 heavy (non-hydrogen) atoms. The molecule has 0 spiro atoms. The second-order valence-electron chi connectivity index (χ2n) is 4.36. The smallest absolute Gasteiger partial charge is 0.323 e. The van der Waals surface area contributed by atoms with Gasteiger partial charge in [0, 0.05) is 19.6 Å². The summed E-state index contributed by atoms with van der Waals surface area (Å²) in [6.45, 7) is 5.71. The molecule has 0 saturated heterocycles. The molecule has 1 aromatic rings. The van der Waals surface area contributed by atoms with Crippen LogP contribution in [0.5, 0.6) is 6.01 Å². The summed E-state index contributed by atoms with van der Waals surface area (Å²) >= 11 is 0. The Balaban J connectivity index is 2.21. The van der Waals surface area contributed by atoms with Crippen molar-refractivity contribution in [3.05, 3.63) is 0 Å². The second-order valence-corrected chi connectivity index (χ2v) is 4.36. The maximum Gasteiger partial charge on any atom is 0.323 e. The Hall–Kier alpha value is -1.59. The van der Waals surface area contributed by atoms with Crippen molar-refractivity contribution in [3.63, 3.8) is 0 Å². The lowest BCUT2D eigenvalue weighted by atomic mass is 10.5. The van der Waals surface area contributed by atoms with Gasteiger partial charge in [0.05, 0.1) is 6.61 Å². The van der Waals surface area contributed by atoms with Crippen LogP contribution in [0.4, 0.5) is 11.9 Å². The Morgan fingerprint density at radius 2 is 2.06 bits per heavy atom. The average Bonchev–Trinajstić information content (AvgIpc) is 3.21. The van der Waals surface area contributed by atoms with Crippen LogP contribution < -0.4 is 15.0 Å². The van der Waals surface area contributed by atoms with E-state index in [0.29, 0.717) is 30.6 Å². The lowest BCUT2D eigenvalue weighted by Crippen LogP contribution is -2.27. The minimum Gasteiger partial charge on any atom is -0.463 e. The van der Waals surface area contributed by atoms with Gasteiger partial charge in [-0.15, -0.1) is 0 Å². The van der Waals surface area contributed by atoms with E-state index in [-0.39, 0.29) is 0 Å². The highest BCUT2D eigenvalue weighted by Gasteiger charge is 2.30. The summed E-state index contributed by atoms with van der Waals surface area (Å²) in [4.78, 5) is 15.2. The van der Waals surface area contributed by atoms with E-state index in [1.165, 1.54) is 12.8 Å². The van der Waals surface area contributed by atoms with Crippen LogP contribution in [0, 0.1) is 0 Å². The Labute approximate surface area is 108 Å². The number of anilines is 2. The molecule has 1 aromatic heterocycles. The Morgan fingerprint density at radius 3 is 2.61 bits per heavy atom. The molecule has 0 amide bonds. The van der Waals surface area contributed by atoms with E-state index < -0.39 is 0 Å². The monoisotopic (exact) mass is 251 g/mol. The average molecular weight is 251 g/mol. The first kappa shape index (κ1) is 12.9. The highest BCUT2D eigenvalue weighted by Crippen LogP contribution is 2.30. The van der Waals surface area contributed by atoms with E-state index in [1.807, 2.05) is 0 Å². The van der Waals surface area contributed by atoms with Crippen LogP contribution in [0.3, 0.4) is 0 Å². The second kappa shape index (κ2) is 5.84. The fourth-order valence-corrected chi connectivity index (χ4v) is 1.79. The molecule has 1 aliphatic rings. The zero-order chi connectivity index (χ0) is 13.0.